The topological polar surface area (TPSA) is 71.1 Å². The molecule has 0 aliphatic carbocycles. The highest BCUT2D eigenvalue weighted by Crippen LogP contribution is 2.07. The largest absolute Gasteiger partial charge is 0.487 e. The van der Waals surface area contributed by atoms with Gasteiger partial charge in [-0.3, -0.25) is 9.59 Å². The van der Waals surface area contributed by atoms with Crippen molar-refractivity contribution in [2.24, 2.45) is 0 Å². The number of hydrogen-bond acceptors (Lipinski definition) is 7. The van der Waals surface area contributed by atoms with Crippen LogP contribution in [0.5, 0.6) is 0 Å². The first-order chi connectivity index (χ1) is 8.36. The molecular formula is C10H18O6SSi. The molecule has 0 aromatic carbocycles. The van der Waals surface area contributed by atoms with E-state index in [1.54, 1.807) is 6.92 Å². The van der Waals surface area contributed by atoms with E-state index < -0.39 is 26.9 Å². The Morgan fingerprint density at radius 3 is 2.00 bits per heavy atom. The molecule has 0 aliphatic heterocycles. The summed E-state index contributed by atoms with van der Waals surface area (Å²) in [7, 11) is -1.11. The van der Waals surface area contributed by atoms with Crippen LogP contribution in [-0.4, -0.2) is 45.7 Å². The van der Waals surface area contributed by atoms with Gasteiger partial charge in [-0.05, 0) is 12.2 Å². The predicted molar refractivity (Wildman–Crippen MR) is 70.3 cm³/mol. The minimum Gasteiger partial charge on any atom is -0.487 e. The molecule has 1 atom stereocenters. The second kappa shape index (κ2) is 9.01. The molecule has 0 fully saturated rings. The van der Waals surface area contributed by atoms with Crippen molar-refractivity contribution >= 4 is 38.5 Å². The summed E-state index contributed by atoms with van der Waals surface area (Å²) in [5, 5.41) is 0.419. The Morgan fingerprint density at radius 1 is 1.17 bits per heavy atom. The maximum absolute atomic E-state index is 11.0. The fourth-order valence-corrected chi connectivity index (χ4v) is 2.91. The van der Waals surface area contributed by atoms with E-state index in [1.165, 1.54) is 21.0 Å². The summed E-state index contributed by atoms with van der Waals surface area (Å²) in [6.07, 6.45) is 0.432. The molecule has 1 unspecified atom stereocenters. The molecule has 0 aromatic heterocycles. The van der Waals surface area contributed by atoms with Crippen molar-refractivity contribution in [2.45, 2.75) is 32.9 Å². The normalized spacial score (nSPS) is 11.8. The predicted octanol–water partition coefficient (Wildman–Crippen LogP) is 0.641. The maximum Gasteiger partial charge on any atom is 0.478 e. The third-order valence-electron chi connectivity index (χ3n) is 1.88. The molecule has 0 saturated carbocycles. The van der Waals surface area contributed by atoms with Gasteiger partial charge >= 0.3 is 9.28 Å². The standard InChI is InChI=1S/C10H18O6SSi/c1-7(11)15-18(16-8(2)12)10(13-4)5-6-14-9(3)17/h10,18H,5-6H2,1-4H3. The first-order valence-corrected chi connectivity index (χ1v) is 7.39. The number of ether oxygens (including phenoxy) is 2. The van der Waals surface area contributed by atoms with Crippen molar-refractivity contribution in [1.82, 2.24) is 0 Å². The number of carbonyl (C=O) groups excluding carboxylic acids is 2. The molecule has 0 spiro atoms. The van der Waals surface area contributed by atoms with E-state index in [-0.39, 0.29) is 0 Å². The zero-order valence-corrected chi connectivity index (χ0v) is 12.9. The Kier molecular flexibility index (Phi) is 8.51. The summed E-state index contributed by atoms with van der Waals surface area (Å²) < 4.78 is 20.3. The van der Waals surface area contributed by atoms with Gasteiger partial charge in [-0.25, -0.2) is 0 Å². The lowest BCUT2D eigenvalue weighted by Gasteiger charge is -2.22. The van der Waals surface area contributed by atoms with Gasteiger partial charge in [-0.1, -0.05) is 0 Å². The van der Waals surface area contributed by atoms with E-state index >= 15 is 0 Å². The minimum atomic E-state index is -2.57. The minimum absolute atomic E-state index is 0.319. The van der Waals surface area contributed by atoms with Crippen molar-refractivity contribution in [3.8, 4) is 0 Å². The number of hydrogen-bond donors (Lipinski definition) is 0. The van der Waals surface area contributed by atoms with E-state index in [9.17, 15) is 9.59 Å². The molecule has 0 heterocycles. The van der Waals surface area contributed by atoms with Gasteiger partial charge in [0.15, 0.2) is 5.05 Å². The van der Waals surface area contributed by atoms with E-state index in [0.717, 1.165) is 0 Å². The van der Waals surface area contributed by atoms with Gasteiger partial charge in [0.05, 0.1) is 6.61 Å². The van der Waals surface area contributed by atoms with Crippen LogP contribution in [0, 0.1) is 0 Å². The molecule has 0 bridgehead atoms. The summed E-state index contributed by atoms with van der Waals surface area (Å²) >= 11 is 4.77. The zero-order valence-electron chi connectivity index (χ0n) is 10.9. The second-order valence-electron chi connectivity index (χ2n) is 3.49. The molecule has 6 nitrogen and oxygen atoms in total. The monoisotopic (exact) mass is 294 g/mol. The third kappa shape index (κ3) is 8.15. The number of thiocarbonyl (C=S) groups is 1. The molecule has 0 saturated heterocycles. The summed E-state index contributed by atoms with van der Waals surface area (Å²) in [6.45, 7) is 4.49. The van der Waals surface area contributed by atoms with Crippen molar-refractivity contribution < 1.29 is 27.9 Å². The summed E-state index contributed by atoms with van der Waals surface area (Å²) in [5.41, 5.74) is -0.466. The average Bonchev–Trinajstić information content (AvgIpc) is 2.21. The van der Waals surface area contributed by atoms with Crippen LogP contribution in [0.3, 0.4) is 0 Å². The van der Waals surface area contributed by atoms with E-state index in [2.05, 4.69) is 0 Å². The highest BCUT2D eigenvalue weighted by molar-refractivity contribution is 7.80. The van der Waals surface area contributed by atoms with Crippen LogP contribution in [-0.2, 0) is 27.9 Å². The molecule has 0 aliphatic rings. The molecule has 0 N–H and O–H groups in total. The summed E-state index contributed by atoms with van der Waals surface area (Å²) in [4.78, 5) is 21.9. The smallest absolute Gasteiger partial charge is 0.478 e. The fourth-order valence-electron chi connectivity index (χ4n) is 1.19. The van der Waals surface area contributed by atoms with Gasteiger partial charge in [0.1, 0.15) is 5.73 Å². The van der Waals surface area contributed by atoms with Gasteiger partial charge in [0, 0.05) is 34.3 Å². The Morgan fingerprint density at radius 2 is 1.67 bits per heavy atom. The maximum atomic E-state index is 11.0. The highest BCUT2D eigenvalue weighted by Gasteiger charge is 2.31. The van der Waals surface area contributed by atoms with Crippen LogP contribution < -0.4 is 0 Å². The fraction of sp³-hybridized carbons (Fsp3) is 0.700. The Hall–Kier alpha value is -0.993. The molecule has 0 aromatic rings. The van der Waals surface area contributed by atoms with Crippen LogP contribution in [0.2, 0.25) is 0 Å². The lowest BCUT2D eigenvalue weighted by atomic mass is 10.5. The molecule has 104 valence electrons. The van der Waals surface area contributed by atoms with E-state index in [0.29, 0.717) is 18.1 Å². The van der Waals surface area contributed by atoms with Gasteiger partial charge in [0.25, 0.3) is 11.9 Å². The van der Waals surface area contributed by atoms with E-state index in [4.69, 9.17) is 30.5 Å². The van der Waals surface area contributed by atoms with Crippen molar-refractivity contribution in [1.29, 1.82) is 0 Å². The first-order valence-electron chi connectivity index (χ1n) is 5.37. The Bertz CT molecular complexity index is 293. The van der Waals surface area contributed by atoms with Gasteiger partial charge in [0.2, 0.25) is 0 Å². The van der Waals surface area contributed by atoms with Gasteiger partial charge in [-0.15, -0.1) is 0 Å². The summed E-state index contributed by atoms with van der Waals surface area (Å²) in [5.74, 6) is -0.996. The molecular weight excluding hydrogens is 276 g/mol. The molecule has 0 rings (SSSR count). The SMILES string of the molecule is COC(CCOC(C)=S)[SiH](OC(C)=O)OC(C)=O. The third-order valence-corrected chi connectivity index (χ3v) is 4.34. The highest BCUT2D eigenvalue weighted by atomic mass is 32.1. The molecule has 18 heavy (non-hydrogen) atoms. The van der Waals surface area contributed by atoms with Crippen LogP contribution in [0.4, 0.5) is 0 Å². The number of methoxy groups -OCH3 is 1. The Balaban J connectivity index is 4.43. The van der Waals surface area contributed by atoms with Crippen LogP contribution in [0.25, 0.3) is 0 Å². The van der Waals surface area contributed by atoms with Crippen molar-refractivity contribution in [3.05, 3.63) is 0 Å². The van der Waals surface area contributed by atoms with Crippen molar-refractivity contribution in [3.63, 3.8) is 0 Å². The van der Waals surface area contributed by atoms with Crippen LogP contribution >= 0.6 is 12.2 Å². The van der Waals surface area contributed by atoms with E-state index in [1.807, 2.05) is 0 Å². The van der Waals surface area contributed by atoms with Gasteiger partial charge < -0.3 is 18.3 Å². The lowest BCUT2D eigenvalue weighted by molar-refractivity contribution is -0.139. The number of carbonyl (C=O) groups is 2. The zero-order chi connectivity index (χ0) is 14.1. The lowest BCUT2D eigenvalue weighted by Crippen LogP contribution is -2.42. The first kappa shape index (κ1) is 17.0. The number of rotatable bonds is 7. The van der Waals surface area contributed by atoms with Crippen LogP contribution in [0.1, 0.15) is 27.2 Å². The van der Waals surface area contributed by atoms with Gasteiger partial charge in [-0.2, -0.15) is 0 Å². The molecule has 0 amide bonds. The van der Waals surface area contributed by atoms with Crippen LogP contribution in [0.15, 0.2) is 0 Å². The molecule has 8 heteroatoms. The van der Waals surface area contributed by atoms with Crippen molar-refractivity contribution in [2.75, 3.05) is 13.7 Å². The quantitative estimate of drug-likeness (QED) is 0.504. The second-order valence-corrected chi connectivity index (χ2v) is 6.02. The average molecular weight is 294 g/mol. The summed E-state index contributed by atoms with van der Waals surface area (Å²) in [6, 6.07) is 0. The Labute approximate surface area is 113 Å². The molecule has 0 radical (unpaired) electrons.